The first-order valence-corrected chi connectivity index (χ1v) is 12.5. The summed E-state index contributed by atoms with van der Waals surface area (Å²) in [7, 11) is 1.86. The summed E-state index contributed by atoms with van der Waals surface area (Å²) in [6, 6.07) is 11.0. The Labute approximate surface area is 215 Å². The molecule has 0 amide bonds. The third kappa shape index (κ3) is 4.87. The van der Waals surface area contributed by atoms with E-state index in [4.69, 9.17) is 0 Å². The van der Waals surface area contributed by atoms with E-state index in [0.29, 0.717) is 34.7 Å². The Morgan fingerprint density at radius 3 is 2.54 bits per heavy atom. The number of anilines is 5. The van der Waals surface area contributed by atoms with E-state index in [1.165, 1.54) is 6.07 Å². The van der Waals surface area contributed by atoms with Crippen molar-refractivity contribution in [3.63, 3.8) is 0 Å². The molecule has 2 N–H and O–H groups in total. The lowest BCUT2D eigenvalue weighted by molar-refractivity contribution is 0.589. The average molecular weight is 505 g/mol. The first-order valence-electron chi connectivity index (χ1n) is 12.5. The van der Waals surface area contributed by atoms with Crippen LogP contribution in [0.4, 0.5) is 37.5 Å². The zero-order chi connectivity index (χ0) is 26.1. The van der Waals surface area contributed by atoms with Gasteiger partial charge in [-0.1, -0.05) is 0 Å². The summed E-state index contributed by atoms with van der Waals surface area (Å²) in [5.41, 5.74) is 3.58. The van der Waals surface area contributed by atoms with Crippen LogP contribution >= 0.6 is 0 Å². The number of hydrogen-bond donors (Lipinski definition) is 2. The highest BCUT2D eigenvalue weighted by atomic mass is 19.1. The SMILES string of the molecule is CC(C)N1CCN(C)c2c(F)cc(-c3nc(Nc4ccc(N5CCNCC5)c(C#N)c4)ncc3F)cc21. The molecule has 3 aromatic rings. The van der Waals surface area contributed by atoms with Gasteiger partial charge in [0.2, 0.25) is 5.95 Å². The Morgan fingerprint density at radius 1 is 1.03 bits per heavy atom. The van der Waals surface area contributed by atoms with Crippen LogP contribution in [0.25, 0.3) is 11.3 Å². The maximum Gasteiger partial charge on any atom is 0.227 e. The van der Waals surface area contributed by atoms with Crippen molar-refractivity contribution in [2.45, 2.75) is 19.9 Å². The van der Waals surface area contributed by atoms with Crippen LogP contribution in [0.1, 0.15) is 19.4 Å². The van der Waals surface area contributed by atoms with Gasteiger partial charge in [-0.05, 0) is 44.2 Å². The second kappa shape index (κ2) is 10.2. The number of nitriles is 1. The molecule has 2 aromatic carbocycles. The van der Waals surface area contributed by atoms with Crippen LogP contribution < -0.4 is 25.3 Å². The highest BCUT2D eigenvalue weighted by molar-refractivity contribution is 5.80. The van der Waals surface area contributed by atoms with Crippen LogP contribution in [0, 0.1) is 23.0 Å². The molecule has 0 unspecified atom stereocenters. The van der Waals surface area contributed by atoms with Gasteiger partial charge >= 0.3 is 0 Å². The summed E-state index contributed by atoms with van der Waals surface area (Å²) in [5.74, 6) is -0.904. The number of piperazine rings is 1. The van der Waals surface area contributed by atoms with Gasteiger partial charge in [0.15, 0.2) is 5.82 Å². The Morgan fingerprint density at radius 2 is 1.81 bits per heavy atom. The van der Waals surface area contributed by atoms with Crippen LogP contribution in [-0.2, 0) is 0 Å². The van der Waals surface area contributed by atoms with Gasteiger partial charge in [0.1, 0.15) is 17.6 Å². The molecule has 0 saturated carbocycles. The van der Waals surface area contributed by atoms with Gasteiger partial charge in [-0.2, -0.15) is 5.26 Å². The fraction of sp³-hybridized carbons (Fsp3) is 0.370. The van der Waals surface area contributed by atoms with Crippen LogP contribution in [-0.4, -0.2) is 62.3 Å². The molecule has 1 aromatic heterocycles. The molecule has 0 aliphatic carbocycles. The molecule has 192 valence electrons. The molecule has 2 aliphatic rings. The van der Waals surface area contributed by atoms with E-state index >= 15 is 4.39 Å². The Bertz CT molecular complexity index is 1350. The predicted molar refractivity (Wildman–Crippen MR) is 143 cm³/mol. The van der Waals surface area contributed by atoms with E-state index in [1.807, 2.05) is 24.1 Å². The van der Waals surface area contributed by atoms with E-state index < -0.39 is 11.6 Å². The zero-order valence-electron chi connectivity index (χ0n) is 21.2. The van der Waals surface area contributed by atoms with E-state index in [9.17, 15) is 9.65 Å². The molecule has 0 radical (unpaired) electrons. The number of halogens is 2. The summed E-state index contributed by atoms with van der Waals surface area (Å²) in [5, 5.41) is 16.1. The van der Waals surface area contributed by atoms with Crippen molar-refractivity contribution < 1.29 is 8.78 Å². The van der Waals surface area contributed by atoms with Gasteiger partial charge in [0, 0.05) is 63.6 Å². The van der Waals surface area contributed by atoms with Crippen LogP contribution in [0.5, 0.6) is 0 Å². The van der Waals surface area contributed by atoms with Gasteiger partial charge in [0.05, 0.1) is 28.8 Å². The highest BCUT2D eigenvalue weighted by Crippen LogP contribution is 2.39. The maximum atomic E-state index is 15.3. The normalized spacial score (nSPS) is 15.5. The van der Waals surface area contributed by atoms with Crippen molar-refractivity contribution in [2.24, 2.45) is 0 Å². The van der Waals surface area contributed by atoms with Crippen molar-refractivity contribution in [1.29, 1.82) is 5.26 Å². The Kier molecular flexibility index (Phi) is 6.80. The summed E-state index contributed by atoms with van der Waals surface area (Å²) >= 11 is 0. The summed E-state index contributed by atoms with van der Waals surface area (Å²) in [4.78, 5) is 14.6. The number of benzene rings is 2. The molecule has 3 heterocycles. The number of nitrogens with one attached hydrogen (secondary N) is 2. The number of fused-ring (bicyclic) bond motifs is 1. The van der Waals surface area contributed by atoms with Crippen LogP contribution in [0.3, 0.4) is 0 Å². The fourth-order valence-electron chi connectivity index (χ4n) is 4.99. The number of rotatable bonds is 5. The van der Waals surface area contributed by atoms with Gasteiger partial charge in [0.25, 0.3) is 0 Å². The fourth-order valence-corrected chi connectivity index (χ4v) is 4.99. The van der Waals surface area contributed by atoms with Crippen molar-refractivity contribution >= 4 is 28.7 Å². The second-order valence-electron chi connectivity index (χ2n) is 9.63. The summed E-state index contributed by atoms with van der Waals surface area (Å²) < 4.78 is 30.2. The lowest BCUT2D eigenvalue weighted by atomic mass is 10.0. The number of nitrogens with zero attached hydrogens (tertiary/aromatic N) is 6. The number of likely N-dealkylation sites (N-methyl/N-ethyl adjacent to an activating group) is 1. The van der Waals surface area contributed by atoms with Gasteiger partial charge < -0.3 is 25.3 Å². The van der Waals surface area contributed by atoms with Gasteiger partial charge in [-0.15, -0.1) is 0 Å². The highest BCUT2D eigenvalue weighted by Gasteiger charge is 2.27. The molecule has 37 heavy (non-hydrogen) atoms. The molecule has 1 saturated heterocycles. The van der Waals surface area contributed by atoms with E-state index in [-0.39, 0.29) is 17.7 Å². The van der Waals surface area contributed by atoms with Gasteiger partial charge in [-0.3, -0.25) is 0 Å². The third-order valence-electron chi connectivity index (χ3n) is 6.88. The van der Waals surface area contributed by atoms with Crippen molar-refractivity contribution in [3.05, 3.63) is 53.7 Å². The molecule has 0 spiro atoms. The first kappa shape index (κ1) is 24.7. The second-order valence-corrected chi connectivity index (χ2v) is 9.63. The van der Waals surface area contributed by atoms with Crippen molar-refractivity contribution in [1.82, 2.24) is 15.3 Å². The summed E-state index contributed by atoms with van der Waals surface area (Å²) in [6.45, 7) is 8.94. The number of hydrogen-bond acceptors (Lipinski definition) is 8. The average Bonchev–Trinajstić information content (AvgIpc) is 2.90. The quantitative estimate of drug-likeness (QED) is 0.537. The monoisotopic (exact) mass is 504 g/mol. The maximum absolute atomic E-state index is 15.3. The molecule has 5 rings (SSSR count). The van der Waals surface area contributed by atoms with E-state index in [1.54, 1.807) is 12.1 Å². The molecule has 0 atom stereocenters. The van der Waals surface area contributed by atoms with E-state index in [0.717, 1.165) is 44.6 Å². The molecule has 1 fully saturated rings. The molecule has 10 heteroatoms. The zero-order valence-corrected chi connectivity index (χ0v) is 21.2. The molecule has 8 nitrogen and oxygen atoms in total. The molecule has 0 bridgehead atoms. The minimum Gasteiger partial charge on any atom is -0.369 e. The van der Waals surface area contributed by atoms with Crippen LogP contribution in [0.15, 0.2) is 36.5 Å². The smallest absolute Gasteiger partial charge is 0.227 e. The minimum atomic E-state index is -0.642. The minimum absolute atomic E-state index is 0.00840. The standard InChI is InChI=1S/C27H30F2N8/c1-17(2)37-11-10-35(3)26-21(28)13-18(14-24(26)37)25-22(29)16-32-27(34-25)33-20-4-5-23(19(12-20)15-30)36-8-6-31-7-9-36/h4-5,12-14,16-17,31H,6-11H2,1-3H3,(H,32,33,34). The van der Waals surface area contributed by atoms with Crippen molar-refractivity contribution in [2.75, 3.05) is 66.3 Å². The largest absolute Gasteiger partial charge is 0.369 e. The lowest BCUT2D eigenvalue weighted by Gasteiger charge is -2.39. The topological polar surface area (TPSA) is 83.4 Å². The van der Waals surface area contributed by atoms with Crippen LogP contribution in [0.2, 0.25) is 0 Å². The van der Waals surface area contributed by atoms with Crippen molar-refractivity contribution in [3.8, 4) is 17.3 Å². The Hall–Kier alpha value is -3.97. The molecule has 2 aliphatic heterocycles. The molecular formula is C27H30F2N8. The molecular weight excluding hydrogens is 474 g/mol. The summed E-state index contributed by atoms with van der Waals surface area (Å²) in [6.07, 6.45) is 1.08. The third-order valence-corrected chi connectivity index (χ3v) is 6.88. The number of aromatic nitrogens is 2. The lowest BCUT2D eigenvalue weighted by Crippen LogP contribution is -2.43. The predicted octanol–water partition coefficient (Wildman–Crippen LogP) is 4.11. The first-order chi connectivity index (χ1) is 17.9. The van der Waals surface area contributed by atoms with Gasteiger partial charge in [-0.25, -0.2) is 18.7 Å². The van der Waals surface area contributed by atoms with E-state index in [2.05, 4.69) is 50.3 Å². The Balaban J connectivity index is 1.47.